The standard InChI is InChI=1S/C21H36O.C12H21NO.C2H6/c1-18(2)10-7-11-19(3)12-8-13-20(4)14-9-15-21(5)16-17-22-6;1-10(2)6-11(3)4-5-12(7-10,8-11)13-9-14;1-2/h10,12,14,16H,7-9,11,13,15,17H2,1-6H3;9H,4-8H2,1-3H3,(H,13,14);1-2H3/b19-12+,20-14+,21-16+;;. The first kappa shape index (κ1) is 36.4. The topological polar surface area (TPSA) is 38.3 Å². The molecule has 2 fully saturated rings. The van der Waals surface area contributed by atoms with Gasteiger partial charge >= 0.3 is 0 Å². The lowest BCUT2D eigenvalue weighted by Gasteiger charge is -2.46. The van der Waals surface area contributed by atoms with Gasteiger partial charge in [0.2, 0.25) is 6.41 Å². The number of rotatable bonds is 13. The van der Waals surface area contributed by atoms with Crippen LogP contribution in [0.3, 0.4) is 0 Å². The molecule has 1 amide bonds. The molecular weight excluding hydrogens is 466 g/mol. The number of allylic oxidation sites excluding steroid dienone is 7. The molecule has 3 nitrogen and oxygen atoms in total. The van der Waals surface area contributed by atoms with Crippen LogP contribution in [0.5, 0.6) is 0 Å². The Hall–Kier alpha value is -1.61. The summed E-state index contributed by atoms with van der Waals surface area (Å²) in [6.45, 7) is 22.8. The average molecular weight is 530 g/mol. The summed E-state index contributed by atoms with van der Waals surface area (Å²) in [5.74, 6) is 0. The zero-order chi connectivity index (χ0) is 29.2. The largest absolute Gasteiger partial charge is 0.381 e. The quantitative estimate of drug-likeness (QED) is 0.190. The predicted octanol–water partition coefficient (Wildman–Crippen LogP) is 10.3. The average Bonchev–Trinajstić information content (AvgIpc) is 3.08. The molecule has 2 atom stereocenters. The molecule has 0 aromatic heterocycles. The molecule has 2 bridgehead atoms. The Morgan fingerprint density at radius 1 is 0.737 bits per heavy atom. The van der Waals surface area contributed by atoms with E-state index in [-0.39, 0.29) is 5.54 Å². The van der Waals surface area contributed by atoms with Gasteiger partial charge in [-0.1, -0.05) is 81.2 Å². The lowest BCUT2D eigenvalue weighted by atomic mass is 9.63. The molecule has 0 aliphatic heterocycles. The Morgan fingerprint density at radius 3 is 1.71 bits per heavy atom. The first-order valence-electron chi connectivity index (χ1n) is 15.1. The third kappa shape index (κ3) is 15.7. The number of nitrogens with one attached hydrogen (secondary N) is 1. The van der Waals surface area contributed by atoms with Gasteiger partial charge in [-0.15, -0.1) is 0 Å². The molecule has 0 aromatic rings. The predicted molar refractivity (Wildman–Crippen MR) is 169 cm³/mol. The Labute approximate surface area is 237 Å². The maximum absolute atomic E-state index is 10.7. The van der Waals surface area contributed by atoms with Crippen LogP contribution in [0.2, 0.25) is 0 Å². The van der Waals surface area contributed by atoms with E-state index in [1.54, 1.807) is 7.11 Å². The van der Waals surface area contributed by atoms with Crippen LogP contribution < -0.4 is 5.32 Å². The van der Waals surface area contributed by atoms with Gasteiger partial charge in [-0.25, -0.2) is 0 Å². The summed E-state index contributed by atoms with van der Waals surface area (Å²) >= 11 is 0. The first-order chi connectivity index (χ1) is 17.8. The van der Waals surface area contributed by atoms with Gasteiger partial charge in [-0.05, 0) is 116 Å². The second-order valence-corrected chi connectivity index (χ2v) is 13.1. The molecular formula is C35H63NO2. The van der Waals surface area contributed by atoms with Crippen molar-refractivity contribution in [1.29, 1.82) is 0 Å². The number of methoxy groups -OCH3 is 1. The van der Waals surface area contributed by atoms with Crippen molar-refractivity contribution in [2.75, 3.05) is 13.7 Å². The van der Waals surface area contributed by atoms with Gasteiger partial charge in [0.1, 0.15) is 0 Å². The number of ether oxygens (including phenoxy) is 1. The zero-order valence-corrected chi connectivity index (χ0v) is 27.2. The van der Waals surface area contributed by atoms with Crippen LogP contribution in [0.25, 0.3) is 0 Å². The fourth-order valence-corrected chi connectivity index (χ4v) is 6.48. The van der Waals surface area contributed by atoms with Crippen LogP contribution in [0.15, 0.2) is 46.6 Å². The van der Waals surface area contributed by atoms with Crippen molar-refractivity contribution in [2.45, 2.75) is 145 Å². The minimum Gasteiger partial charge on any atom is -0.381 e. The Balaban J connectivity index is 0.000000727. The Kier molecular flexibility index (Phi) is 17.8. The molecule has 2 aliphatic carbocycles. The second kappa shape index (κ2) is 18.6. The molecule has 1 N–H and O–H groups in total. The third-order valence-electron chi connectivity index (χ3n) is 7.81. The molecule has 2 unspecified atom stereocenters. The van der Waals surface area contributed by atoms with Crippen LogP contribution in [0, 0.1) is 10.8 Å². The van der Waals surface area contributed by atoms with Gasteiger partial charge < -0.3 is 10.1 Å². The van der Waals surface area contributed by atoms with Gasteiger partial charge in [0.05, 0.1) is 6.61 Å². The third-order valence-corrected chi connectivity index (χ3v) is 7.81. The van der Waals surface area contributed by atoms with Crippen molar-refractivity contribution >= 4 is 6.41 Å². The van der Waals surface area contributed by atoms with Crippen LogP contribution >= 0.6 is 0 Å². The van der Waals surface area contributed by atoms with E-state index in [4.69, 9.17) is 4.74 Å². The van der Waals surface area contributed by atoms with E-state index in [9.17, 15) is 4.79 Å². The summed E-state index contributed by atoms with van der Waals surface area (Å²) < 4.78 is 5.05. The smallest absolute Gasteiger partial charge is 0.207 e. The maximum Gasteiger partial charge on any atom is 0.207 e. The summed E-state index contributed by atoms with van der Waals surface area (Å²) in [7, 11) is 1.74. The second-order valence-electron chi connectivity index (χ2n) is 13.1. The molecule has 220 valence electrons. The zero-order valence-electron chi connectivity index (χ0n) is 27.2. The number of hydrogen-bond acceptors (Lipinski definition) is 2. The molecule has 0 aromatic carbocycles. The molecule has 2 saturated carbocycles. The summed E-state index contributed by atoms with van der Waals surface area (Å²) in [6.07, 6.45) is 23.3. The van der Waals surface area contributed by atoms with Crippen molar-refractivity contribution in [3.63, 3.8) is 0 Å². The van der Waals surface area contributed by atoms with Gasteiger partial charge in [-0.2, -0.15) is 0 Å². The summed E-state index contributed by atoms with van der Waals surface area (Å²) in [5, 5.41) is 3.09. The fourth-order valence-electron chi connectivity index (χ4n) is 6.48. The molecule has 0 heterocycles. The van der Waals surface area contributed by atoms with E-state index in [2.05, 4.69) is 85.0 Å². The van der Waals surface area contributed by atoms with Gasteiger partial charge in [0.15, 0.2) is 0 Å². The van der Waals surface area contributed by atoms with E-state index in [1.807, 2.05) is 13.8 Å². The highest BCUT2D eigenvalue weighted by Crippen LogP contribution is 2.59. The molecule has 2 aliphatic rings. The van der Waals surface area contributed by atoms with E-state index < -0.39 is 0 Å². The highest BCUT2D eigenvalue weighted by molar-refractivity contribution is 5.48. The van der Waals surface area contributed by atoms with E-state index in [0.29, 0.717) is 10.8 Å². The molecule has 2 rings (SSSR count). The van der Waals surface area contributed by atoms with Crippen LogP contribution in [0.1, 0.15) is 140 Å². The normalized spacial score (nSPS) is 24.4. The van der Waals surface area contributed by atoms with Crippen molar-refractivity contribution < 1.29 is 9.53 Å². The number of amides is 1. The SMILES string of the molecule is CC.CC1(C)CC2(C)CCC(NC=O)(C1)C2.COC/C=C(\C)CC/C=C(\C)CC/C=C(\C)CCC=C(C)C. The number of carbonyl (C=O) groups is 1. The lowest BCUT2D eigenvalue weighted by molar-refractivity contribution is -0.112. The van der Waals surface area contributed by atoms with Gasteiger partial charge in [0.25, 0.3) is 0 Å². The van der Waals surface area contributed by atoms with E-state index in [1.165, 1.54) is 73.7 Å². The van der Waals surface area contributed by atoms with Crippen LogP contribution in [-0.2, 0) is 9.53 Å². The molecule has 0 radical (unpaired) electrons. The summed E-state index contributed by atoms with van der Waals surface area (Å²) in [5.41, 5.74) is 6.84. The highest BCUT2D eigenvalue weighted by atomic mass is 16.5. The Bertz CT molecular complexity index is 797. The molecule has 3 heteroatoms. The number of carbonyl (C=O) groups excluding carboxylic acids is 1. The number of fused-ring (bicyclic) bond motifs is 2. The van der Waals surface area contributed by atoms with E-state index >= 15 is 0 Å². The maximum atomic E-state index is 10.7. The summed E-state index contributed by atoms with van der Waals surface area (Å²) in [4.78, 5) is 10.7. The van der Waals surface area contributed by atoms with Crippen LogP contribution in [0.4, 0.5) is 0 Å². The van der Waals surface area contributed by atoms with Crippen molar-refractivity contribution in [3.8, 4) is 0 Å². The van der Waals surface area contributed by atoms with Crippen molar-refractivity contribution in [1.82, 2.24) is 5.32 Å². The van der Waals surface area contributed by atoms with Gasteiger partial charge in [0, 0.05) is 12.6 Å². The van der Waals surface area contributed by atoms with Gasteiger partial charge in [-0.3, -0.25) is 4.79 Å². The van der Waals surface area contributed by atoms with Crippen molar-refractivity contribution in [2.24, 2.45) is 10.8 Å². The summed E-state index contributed by atoms with van der Waals surface area (Å²) in [6, 6.07) is 0. The van der Waals surface area contributed by atoms with Crippen molar-refractivity contribution in [3.05, 3.63) is 46.6 Å². The molecule has 0 saturated heterocycles. The highest BCUT2D eigenvalue weighted by Gasteiger charge is 2.53. The Morgan fingerprint density at radius 2 is 1.24 bits per heavy atom. The minimum absolute atomic E-state index is 0.123. The fraction of sp³-hybridized carbons (Fsp3) is 0.743. The lowest BCUT2D eigenvalue weighted by Crippen LogP contribution is -2.49. The van der Waals surface area contributed by atoms with Crippen LogP contribution in [-0.4, -0.2) is 25.7 Å². The minimum atomic E-state index is 0.123. The van der Waals surface area contributed by atoms with E-state index in [0.717, 1.165) is 32.3 Å². The number of hydrogen-bond donors (Lipinski definition) is 1. The first-order valence-corrected chi connectivity index (χ1v) is 15.1. The molecule has 38 heavy (non-hydrogen) atoms. The monoisotopic (exact) mass is 529 g/mol. The molecule has 0 spiro atoms.